The highest BCUT2D eigenvalue weighted by molar-refractivity contribution is 5.44. The van der Waals surface area contributed by atoms with Crippen molar-refractivity contribution in [2.24, 2.45) is 0 Å². The predicted molar refractivity (Wildman–Crippen MR) is 55.8 cm³/mol. The standard InChI is InChI=1S/C11H10FN3/c12-10-3-1-2-4-11(10)15-7-9-5-13-8-14-6-9/h1-6,8,15H,7H2. The fraction of sp³-hybridized carbons (Fsp3) is 0.0909. The van der Waals surface area contributed by atoms with E-state index >= 15 is 0 Å². The largest absolute Gasteiger partial charge is 0.378 e. The van der Waals surface area contributed by atoms with Gasteiger partial charge in [0.25, 0.3) is 0 Å². The number of anilines is 1. The summed E-state index contributed by atoms with van der Waals surface area (Å²) in [6.07, 6.45) is 4.86. The van der Waals surface area contributed by atoms with E-state index in [1.807, 2.05) is 0 Å². The molecule has 0 radical (unpaired) electrons. The number of halogens is 1. The van der Waals surface area contributed by atoms with Crippen LogP contribution in [0.25, 0.3) is 0 Å². The van der Waals surface area contributed by atoms with E-state index in [2.05, 4.69) is 15.3 Å². The Bertz CT molecular complexity index is 431. The van der Waals surface area contributed by atoms with E-state index in [-0.39, 0.29) is 5.82 Å². The topological polar surface area (TPSA) is 37.8 Å². The Balaban J connectivity index is 2.03. The summed E-state index contributed by atoms with van der Waals surface area (Å²) in [5.41, 5.74) is 1.40. The van der Waals surface area contributed by atoms with Crippen LogP contribution >= 0.6 is 0 Å². The number of para-hydroxylation sites is 1. The predicted octanol–water partition coefficient (Wildman–Crippen LogP) is 2.23. The average Bonchev–Trinajstić information content (AvgIpc) is 2.29. The first-order chi connectivity index (χ1) is 7.36. The maximum atomic E-state index is 13.2. The summed E-state index contributed by atoms with van der Waals surface area (Å²) in [5.74, 6) is -0.255. The molecule has 0 amide bonds. The zero-order valence-electron chi connectivity index (χ0n) is 8.02. The molecule has 0 aliphatic rings. The minimum Gasteiger partial charge on any atom is -0.378 e. The molecule has 0 saturated carbocycles. The van der Waals surface area contributed by atoms with E-state index in [9.17, 15) is 4.39 Å². The van der Waals surface area contributed by atoms with Crippen molar-refractivity contribution in [2.75, 3.05) is 5.32 Å². The maximum Gasteiger partial charge on any atom is 0.146 e. The molecular formula is C11H10FN3. The van der Waals surface area contributed by atoms with E-state index in [4.69, 9.17) is 0 Å². The second-order valence-electron chi connectivity index (χ2n) is 3.08. The van der Waals surface area contributed by atoms with Crippen LogP contribution in [0.5, 0.6) is 0 Å². The summed E-state index contributed by atoms with van der Waals surface area (Å²) in [6, 6.07) is 6.56. The van der Waals surface area contributed by atoms with E-state index in [0.29, 0.717) is 12.2 Å². The Kier molecular flexibility index (Phi) is 2.88. The van der Waals surface area contributed by atoms with Gasteiger partial charge in [0.05, 0.1) is 5.69 Å². The van der Waals surface area contributed by atoms with E-state index < -0.39 is 0 Å². The quantitative estimate of drug-likeness (QED) is 0.831. The van der Waals surface area contributed by atoms with Gasteiger partial charge in [0.1, 0.15) is 12.1 Å². The lowest BCUT2D eigenvalue weighted by molar-refractivity contribution is 0.630. The third-order valence-corrected chi connectivity index (χ3v) is 1.97. The SMILES string of the molecule is Fc1ccccc1NCc1cncnc1. The minimum atomic E-state index is -0.255. The number of hydrogen-bond acceptors (Lipinski definition) is 3. The van der Waals surface area contributed by atoms with Crippen molar-refractivity contribution in [2.45, 2.75) is 6.54 Å². The van der Waals surface area contributed by atoms with Crippen molar-refractivity contribution in [1.29, 1.82) is 0 Å². The Morgan fingerprint density at radius 3 is 2.60 bits per heavy atom. The molecule has 1 N–H and O–H groups in total. The molecule has 0 aliphatic carbocycles. The van der Waals surface area contributed by atoms with Crippen molar-refractivity contribution in [3.8, 4) is 0 Å². The zero-order valence-corrected chi connectivity index (χ0v) is 8.02. The van der Waals surface area contributed by atoms with Crippen LogP contribution in [-0.4, -0.2) is 9.97 Å². The van der Waals surface area contributed by atoms with Crippen LogP contribution in [0.15, 0.2) is 43.0 Å². The summed E-state index contributed by atoms with van der Waals surface area (Å²) >= 11 is 0. The first kappa shape index (κ1) is 9.58. The molecule has 1 aromatic heterocycles. The van der Waals surface area contributed by atoms with Gasteiger partial charge in [-0.1, -0.05) is 12.1 Å². The second-order valence-corrected chi connectivity index (χ2v) is 3.08. The molecule has 0 spiro atoms. The molecule has 0 saturated heterocycles. The van der Waals surface area contributed by atoms with Gasteiger partial charge in [0.2, 0.25) is 0 Å². The van der Waals surface area contributed by atoms with Crippen LogP contribution < -0.4 is 5.32 Å². The van der Waals surface area contributed by atoms with Gasteiger partial charge in [-0.15, -0.1) is 0 Å². The zero-order chi connectivity index (χ0) is 10.5. The Morgan fingerprint density at radius 2 is 1.87 bits per heavy atom. The van der Waals surface area contributed by atoms with E-state index in [1.54, 1.807) is 30.6 Å². The molecule has 2 aromatic rings. The third-order valence-electron chi connectivity index (χ3n) is 1.97. The summed E-state index contributed by atoms with van der Waals surface area (Å²) in [5, 5.41) is 2.97. The normalized spacial score (nSPS) is 9.93. The number of hydrogen-bond donors (Lipinski definition) is 1. The number of nitrogens with zero attached hydrogens (tertiary/aromatic N) is 2. The highest BCUT2D eigenvalue weighted by atomic mass is 19.1. The third kappa shape index (κ3) is 2.49. The number of benzene rings is 1. The van der Waals surface area contributed by atoms with Crippen LogP contribution in [0.1, 0.15) is 5.56 Å². The van der Waals surface area contributed by atoms with Crippen LogP contribution in [-0.2, 0) is 6.54 Å². The molecular weight excluding hydrogens is 193 g/mol. The molecule has 1 aromatic carbocycles. The van der Waals surface area contributed by atoms with Crippen molar-refractivity contribution in [3.05, 3.63) is 54.4 Å². The first-order valence-electron chi connectivity index (χ1n) is 4.58. The van der Waals surface area contributed by atoms with E-state index in [0.717, 1.165) is 5.56 Å². The molecule has 0 aliphatic heterocycles. The molecule has 15 heavy (non-hydrogen) atoms. The highest BCUT2D eigenvalue weighted by Gasteiger charge is 1.99. The van der Waals surface area contributed by atoms with Crippen LogP contribution in [0.2, 0.25) is 0 Å². The highest BCUT2D eigenvalue weighted by Crippen LogP contribution is 2.13. The summed E-state index contributed by atoms with van der Waals surface area (Å²) in [7, 11) is 0. The van der Waals surface area contributed by atoms with Crippen molar-refractivity contribution >= 4 is 5.69 Å². The molecule has 0 unspecified atom stereocenters. The number of rotatable bonds is 3. The van der Waals surface area contributed by atoms with Gasteiger partial charge in [-0.2, -0.15) is 0 Å². The smallest absolute Gasteiger partial charge is 0.146 e. The molecule has 0 atom stereocenters. The molecule has 0 fully saturated rings. The lowest BCUT2D eigenvalue weighted by atomic mass is 10.3. The summed E-state index contributed by atoms with van der Waals surface area (Å²) in [4.78, 5) is 7.75. The van der Waals surface area contributed by atoms with Gasteiger partial charge in [0, 0.05) is 24.5 Å². The second kappa shape index (κ2) is 4.50. The number of aromatic nitrogens is 2. The van der Waals surface area contributed by atoms with Gasteiger partial charge in [0.15, 0.2) is 0 Å². The van der Waals surface area contributed by atoms with Gasteiger partial charge in [-0.25, -0.2) is 14.4 Å². The lowest BCUT2D eigenvalue weighted by Crippen LogP contribution is -2.01. The average molecular weight is 203 g/mol. The van der Waals surface area contributed by atoms with Gasteiger partial charge in [-0.3, -0.25) is 0 Å². The summed E-state index contributed by atoms with van der Waals surface area (Å²) < 4.78 is 13.2. The number of nitrogens with one attached hydrogen (secondary N) is 1. The van der Waals surface area contributed by atoms with Crippen LogP contribution in [0.4, 0.5) is 10.1 Å². The van der Waals surface area contributed by atoms with Gasteiger partial charge < -0.3 is 5.32 Å². The fourth-order valence-electron chi connectivity index (χ4n) is 1.22. The van der Waals surface area contributed by atoms with E-state index in [1.165, 1.54) is 12.4 Å². The molecule has 76 valence electrons. The Hall–Kier alpha value is -1.97. The van der Waals surface area contributed by atoms with Gasteiger partial charge in [-0.05, 0) is 12.1 Å². The van der Waals surface area contributed by atoms with Gasteiger partial charge >= 0.3 is 0 Å². The first-order valence-corrected chi connectivity index (χ1v) is 4.58. The van der Waals surface area contributed by atoms with Crippen molar-refractivity contribution in [3.63, 3.8) is 0 Å². The molecule has 0 bridgehead atoms. The van der Waals surface area contributed by atoms with Crippen molar-refractivity contribution < 1.29 is 4.39 Å². The fourth-order valence-corrected chi connectivity index (χ4v) is 1.22. The molecule has 3 nitrogen and oxygen atoms in total. The molecule has 4 heteroatoms. The maximum absolute atomic E-state index is 13.2. The summed E-state index contributed by atoms with van der Waals surface area (Å²) in [6.45, 7) is 0.516. The van der Waals surface area contributed by atoms with Crippen molar-refractivity contribution in [1.82, 2.24) is 9.97 Å². The monoisotopic (exact) mass is 203 g/mol. The Labute approximate surface area is 87.0 Å². The van der Waals surface area contributed by atoms with Crippen LogP contribution in [0, 0.1) is 5.82 Å². The minimum absolute atomic E-state index is 0.255. The molecule has 1 heterocycles. The molecule has 2 rings (SSSR count). The lowest BCUT2D eigenvalue weighted by Gasteiger charge is -2.06. The Morgan fingerprint density at radius 1 is 1.13 bits per heavy atom. The van der Waals surface area contributed by atoms with Crippen LogP contribution in [0.3, 0.4) is 0 Å².